The molecule has 0 aliphatic carbocycles. The largest absolute Gasteiger partial charge is 0.394 e. The van der Waals surface area contributed by atoms with Gasteiger partial charge in [0.15, 0.2) is 0 Å². The molecular formula is C14H29NO2S. The molecular weight excluding hydrogens is 246 g/mol. The number of thioether (sulfide) groups is 1. The Bertz CT molecular complexity index is 222. The van der Waals surface area contributed by atoms with Crippen molar-refractivity contribution < 1.29 is 9.84 Å². The summed E-state index contributed by atoms with van der Waals surface area (Å²) in [7, 11) is 0. The van der Waals surface area contributed by atoms with Crippen molar-refractivity contribution in [3.8, 4) is 0 Å². The smallest absolute Gasteiger partial charge is 0.0666 e. The van der Waals surface area contributed by atoms with Crippen LogP contribution < -0.4 is 5.32 Å². The molecule has 0 aromatic rings. The van der Waals surface area contributed by atoms with Gasteiger partial charge in [-0.25, -0.2) is 0 Å². The lowest BCUT2D eigenvalue weighted by Crippen LogP contribution is -2.48. The maximum absolute atomic E-state index is 9.57. The molecule has 0 aromatic carbocycles. The van der Waals surface area contributed by atoms with E-state index in [2.05, 4.69) is 26.1 Å². The number of likely N-dealkylation sites (N-methyl/N-ethyl adjacent to an activating group) is 1. The molecule has 1 aliphatic rings. The molecule has 0 bridgehead atoms. The van der Waals surface area contributed by atoms with Crippen LogP contribution in [-0.2, 0) is 4.74 Å². The molecule has 0 spiro atoms. The minimum absolute atomic E-state index is 0.0624. The van der Waals surface area contributed by atoms with Gasteiger partial charge in [0.1, 0.15) is 0 Å². The van der Waals surface area contributed by atoms with Crippen molar-refractivity contribution in [1.82, 2.24) is 5.32 Å². The van der Waals surface area contributed by atoms with Gasteiger partial charge >= 0.3 is 0 Å². The summed E-state index contributed by atoms with van der Waals surface area (Å²) >= 11 is 2.04. The standard InChI is InChI=1S/C14H29NO2S/c1-4-14(11-16,15-5-2)8-6-10-18-13-7-9-17-12(13)3/h12-13,15-16H,4-11H2,1-3H3. The van der Waals surface area contributed by atoms with Gasteiger partial charge in [-0.1, -0.05) is 13.8 Å². The third-order valence-electron chi connectivity index (χ3n) is 3.97. The third kappa shape index (κ3) is 4.72. The molecule has 18 heavy (non-hydrogen) atoms. The maximum atomic E-state index is 9.57. The average molecular weight is 275 g/mol. The van der Waals surface area contributed by atoms with E-state index in [4.69, 9.17) is 4.74 Å². The monoisotopic (exact) mass is 275 g/mol. The molecule has 3 unspecified atom stereocenters. The van der Waals surface area contributed by atoms with Crippen molar-refractivity contribution in [1.29, 1.82) is 0 Å². The maximum Gasteiger partial charge on any atom is 0.0666 e. The van der Waals surface area contributed by atoms with Gasteiger partial charge in [-0.15, -0.1) is 0 Å². The van der Waals surface area contributed by atoms with E-state index < -0.39 is 0 Å². The van der Waals surface area contributed by atoms with Gasteiger partial charge < -0.3 is 15.2 Å². The Morgan fingerprint density at radius 3 is 2.72 bits per heavy atom. The van der Waals surface area contributed by atoms with Gasteiger partial charge in [-0.2, -0.15) is 11.8 Å². The van der Waals surface area contributed by atoms with Crippen LogP contribution in [0.3, 0.4) is 0 Å². The SMILES string of the molecule is CCNC(CC)(CO)CCCSC1CCOC1C. The van der Waals surface area contributed by atoms with Crippen LogP contribution in [0.2, 0.25) is 0 Å². The fourth-order valence-corrected chi connectivity index (χ4v) is 3.81. The van der Waals surface area contributed by atoms with Crippen molar-refractivity contribution in [2.45, 2.75) is 63.3 Å². The first-order chi connectivity index (χ1) is 8.67. The summed E-state index contributed by atoms with van der Waals surface area (Å²) in [4.78, 5) is 0. The van der Waals surface area contributed by atoms with E-state index in [1.807, 2.05) is 11.8 Å². The number of aliphatic hydroxyl groups excluding tert-OH is 1. The summed E-state index contributed by atoms with van der Waals surface area (Å²) in [5.41, 5.74) is -0.0624. The predicted molar refractivity (Wildman–Crippen MR) is 79.3 cm³/mol. The van der Waals surface area contributed by atoms with Crippen molar-refractivity contribution in [3.63, 3.8) is 0 Å². The second kappa shape index (κ2) is 8.41. The number of hydrogen-bond acceptors (Lipinski definition) is 4. The quantitative estimate of drug-likeness (QED) is 0.634. The summed E-state index contributed by atoms with van der Waals surface area (Å²) in [6.07, 6.45) is 4.82. The lowest BCUT2D eigenvalue weighted by Gasteiger charge is -2.32. The van der Waals surface area contributed by atoms with Crippen LogP contribution in [0.5, 0.6) is 0 Å². The van der Waals surface area contributed by atoms with Crippen molar-refractivity contribution >= 4 is 11.8 Å². The molecule has 1 heterocycles. The molecule has 0 amide bonds. The van der Waals surface area contributed by atoms with Gasteiger partial charge in [0.25, 0.3) is 0 Å². The Morgan fingerprint density at radius 1 is 1.44 bits per heavy atom. The van der Waals surface area contributed by atoms with E-state index in [0.717, 1.165) is 32.4 Å². The Balaban J connectivity index is 2.22. The minimum atomic E-state index is -0.0624. The van der Waals surface area contributed by atoms with Crippen LogP contribution in [-0.4, -0.2) is 47.5 Å². The molecule has 0 aromatic heterocycles. The van der Waals surface area contributed by atoms with Gasteiger partial charge in [0.2, 0.25) is 0 Å². The summed E-state index contributed by atoms with van der Waals surface area (Å²) in [5, 5.41) is 13.7. The number of rotatable bonds is 9. The number of ether oxygens (including phenoxy) is 1. The molecule has 1 rings (SSSR count). The molecule has 3 nitrogen and oxygen atoms in total. The first kappa shape index (κ1) is 16.3. The zero-order valence-corrected chi connectivity index (χ0v) is 12.9. The van der Waals surface area contributed by atoms with Crippen LogP contribution >= 0.6 is 11.8 Å². The van der Waals surface area contributed by atoms with Gasteiger partial charge in [-0.05, 0) is 44.9 Å². The molecule has 3 atom stereocenters. The summed E-state index contributed by atoms with van der Waals surface area (Å²) < 4.78 is 5.57. The molecule has 1 fully saturated rings. The van der Waals surface area contributed by atoms with Crippen molar-refractivity contribution in [3.05, 3.63) is 0 Å². The van der Waals surface area contributed by atoms with Gasteiger partial charge in [-0.3, -0.25) is 0 Å². The summed E-state index contributed by atoms with van der Waals surface area (Å²) in [6.45, 7) is 8.52. The van der Waals surface area contributed by atoms with Gasteiger partial charge in [0.05, 0.1) is 12.7 Å². The van der Waals surface area contributed by atoms with Crippen LogP contribution in [0, 0.1) is 0 Å². The normalized spacial score (nSPS) is 27.3. The minimum Gasteiger partial charge on any atom is -0.394 e. The molecule has 1 saturated heterocycles. The Labute approximate surface area is 116 Å². The average Bonchev–Trinajstić information content (AvgIpc) is 2.79. The predicted octanol–water partition coefficient (Wildman–Crippen LogP) is 2.43. The highest BCUT2D eigenvalue weighted by Crippen LogP contribution is 2.28. The van der Waals surface area contributed by atoms with Crippen LogP contribution in [0.1, 0.15) is 46.5 Å². The van der Waals surface area contributed by atoms with E-state index in [-0.39, 0.29) is 12.1 Å². The van der Waals surface area contributed by atoms with E-state index in [1.165, 1.54) is 12.2 Å². The third-order valence-corrected chi connectivity index (χ3v) is 5.54. The first-order valence-corrected chi connectivity index (χ1v) is 8.31. The van der Waals surface area contributed by atoms with E-state index in [0.29, 0.717) is 11.4 Å². The second-order valence-electron chi connectivity index (χ2n) is 5.20. The van der Waals surface area contributed by atoms with Crippen molar-refractivity contribution in [2.75, 3.05) is 25.5 Å². The highest BCUT2D eigenvalue weighted by molar-refractivity contribution is 7.99. The van der Waals surface area contributed by atoms with Crippen molar-refractivity contribution in [2.24, 2.45) is 0 Å². The van der Waals surface area contributed by atoms with E-state index in [1.54, 1.807) is 0 Å². The number of hydrogen-bond donors (Lipinski definition) is 2. The summed E-state index contributed by atoms with van der Waals surface area (Å²) in [5.74, 6) is 1.17. The topological polar surface area (TPSA) is 41.5 Å². The molecule has 0 radical (unpaired) electrons. The number of nitrogens with one attached hydrogen (secondary N) is 1. The fraction of sp³-hybridized carbons (Fsp3) is 1.00. The van der Waals surface area contributed by atoms with Crippen LogP contribution in [0.4, 0.5) is 0 Å². The van der Waals surface area contributed by atoms with E-state index in [9.17, 15) is 5.11 Å². The highest BCUT2D eigenvalue weighted by Gasteiger charge is 2.27. The lowest BCUT2D eigenvalue weighted by atomic mass is 9.91. The van der Waals surface area contributed by atoms with Crippen LogP contribution in [0.25, 0.3) is 0 Å². The molecule has 1 aliphatic heterocycles. The highest BCUT2D eigenvalue weighted by atomic mass is 32.2. The second-order valence-corrected chi connectivity index (χ2v) is 6.55. The zero-order chi connectivity index (χ0) is 13.4. The fourth-order valence-electron chi connectivity index (χ4n) is 2.59. The van der Waals surface area contributed by atoms with Gasteiger partial charge in [0, 0.05) is 17.4 Å². The Hall–Kier alpha value is 0.230. The molecule has 2 N–H and O–H groups in total. The Morgan fingerprint density at radius 2 is 2.22 bits per heavy atom. The van der Waals surface area contributed by atoms with E-state index >= 15 is 0 Å². The Kier molecular flexibility index (Phi) is 7.61. The molecule has 0 saturated carbocycles. The molecule has 4 heteroatoms. The van der Waals surface area contributed by atoms with Crippen LogP contribution in [0.15, 0.2) is 0 Å². The first-order valence-electron chi connectivity index (χ1n) is 7.26. The zero-order valence-electron chi connectivity index (χ0n) is 12.1. The lowest BCUT2D eigenvalue weighted by molar-refractivity contribution is 0.127. The molecule has 108 valence electrons. The summed E-state index contributed by atoms with van der Waals surface area (Å²) in [6, 6.07) is 0. The number of aliphatic hydroxyl groups is 1.